The van der Waals surface area contributed by atoms with E-state index >= 15 is 0 Å². The quantitative estimate of drug-likeness (QED) is 0.771. The number of pyridine rings is 1. The van der Waals surface area contributed by atoms with E-state index in [4.69, 9.17) is 16.3 Å². The molecule has 0 unspecified atom stereocenters. The van der Waals surface area contributed by atoms with Crippen LogP contribution in [-0.4, -0.2) is 55.0 Å². The Hall–Kier alpha value is -1.82. The highest BCUT2D eigenvalue weighted by Crippen LogP contribution is 2.29. The summed E-state index contributed by atoms with van der Waals surface area (Å²) in [6.45, 7) is 2.93. The number of aromatic nitrogens is 1. The van der Waals surface area contributed by atoms with Gasteiger partial charge in [-0.05, 0) is 38.2 Å². The maximum Gasteiger partial charge on any atom is 0.310 e. The molecular weight excluding hydrogens is 342 g/mol. The minimum Gasteiger partial charge on any atom is -0.469 e. The van der Waals surface area contributed by atoms with Crippen LogP contribution in [0.3, 0.4) is 0 Å². The van der Waals surface area contributed by atoms with Crippen LogP contribution >= 0.6 is 11.6 Å². The Balaban J connectivity index is 1.73. The van der Waals surface area contributed by atoms with Crippen molar-refractivity contribution < 1.29 is 14.3 Å². The fourth-order valence-corrected chi connectivity index (χ4v) is 3.87. The first-order chi connectivity index (χ1) is 12.1. The summed E-state index contributed by atoms with van der Waals surface area (Å²) < 4.78 is 4.85. The van der Waals surface area contributed by atoms with E-state index in [1.807, 2.05) is 9.80 Å². The van der Waals surface area contributed by atoms with E-state index in [0.29, 0.717) is 22.9 Å². The largest absolute Gasteiger partial charge is 0.469 e. The number of anilines is 1. The lowest BCUT2D eigenvalue weighted by Gasteiger charge is -2.33. The third-order valence-electron chi connectivity index (χ3n) is 4.97. The molecule has 7 heteroatoms. The molecule has 1 aromatic rings. The lowest BCUT2D eigenvalue weighted by molar-refractivity contribution is -0.145. The summed E-state index contributed by atoms with van der Waals surface area (Å²) >= 11 is 6.42. The molecule has 0 spiro atoms. The van der Waals surface area contributed by atoms with Crippen molar-refractivity contribution in [2.24, 2.45) is 5.92 Å². The Morgan fingerprint density at radius 3 is 2.64 bits per heavy atom. The van der Waals surface area contributed by atoms with Crippen molar-refractivity contribution in [3.8, 4) is 0 Å². The molecule has 0 radical (unpaired) electrons. The molecule has 1 atom stereocenters. The Bertz CT molecular complexity index is 646. The van der Waals surface area contributed by atoms with Crippen molar-refractivity contribution in [2.45, 2.75) is 32.1 Å². The van der Waals surface area contributed by atoms with Crippen LogP contribution in [0.2, 0.25) is 5.02 Å². The van der Waals surface area contributed by atoms with Crippen LogP contribution in [0.4, 0.5) is 5.82 Å². The zero-order valence-electron chi connectivity index (χ0n) is 14.5. The number of halogens is 1. The van der Waals surface area contributed by atoms with Gasteiger partial charge in [0.1, 0.15) is 5.82 Å². The number of carbonyl (C=O) groups excluding carboxylic acids is 2. The second-order valence-corrected chi connectivity index (χ2v) is 7.10. The monoisotopic (exact) mass is 365 g/mol. The number of amides is 1. The first-order valence-corrected chi connectivity index (χ1v) is 9.25. The average molecular weight is 366 g/mol. The van der Waals surface area contributed by atoms with E-state index < -0.39 is 0 Å². The van der Waals surface area contributed by atoms with Gasteiger partial charge in [-0.15, -0.1) is 0 Å². The Morgan fingerprint density at radius 2 is 1.96 bits per heavy atom. The van der Waals surface area contributed by atoms with Crippen molar-refractivity contribution >= 4 is 29.3 Å². The molecule has 0 saturated carbocycles. The summed E-state index contributed by atoms with van der Waals surface area (Å²) in [5.41, 5.74) is 0.525. The number of rotatable bonds is 3. The lowest BCUT2D eigenvalue weighted by atomic mass is 9.98. The Morgan fingerprint density at radius 1 is 1.20 bits per heavy atom. The molecule has 25 heavy (non-hydrogen) atoms. The molecule has 136 valence electrons. The molecular formula is C18H24ClN3O3. The number of hydrogen-bond acceptors (Lipinski definition) is 5. The first kappa shape index (κ1) is 18.0. The van der Waals surface area contributed by atoms with Crippen LogP contribution in [0.15, 0.2) is 12.3 Å². The smallest absolute Gasteiger partial charge is 0.310 e. The lowest BCUT2D eigenvalue weighted by Crippen LogP contribution is -2.40. The normalized spacial score (nSPS) is 21.1. The van der Waals surface area contributed by atoms with Gasteiger partial charge in [0.2, 0.25) is 0 Å². The van der Waals surface area contributed by atoms with Crippen LogP contribution in [0.5, 0.6) is 0 Å². The molecule has 2 aliphatic heterocycles. The van der Waals surface area contributed by atoms with Gasteiger partial charge in [0.05, 0.1) is 23.6 Å². The fraction of sp³-hybridized carbons (Fsp3) is 0.611. The van der Waals surface area contributed by atoms with Gasteiger partial charge in [-0.3, -0.25) is 9.59 Å². The van der Waals surface area contributed by atoms with Crippen molar-refractivity contribution in [3.63, 3.8) is 0 Å². The number of carbonyl (C=O) groups is 2. The van der Waals surface area contributed by atoms with Gasteiger partial charge in [-0.1, -0.05) is 11.6 Å². The topological polar surface area (TPSA) is 62.7 Å². The van der Waals surface area contributed by atoms with Gasteiger partial charge in [0.25, 0.3) is 5.91 Å². The van der Waals surface area contributed by atoms with Crippen LogP contribution in [0, 0.1) is 5.92 Å². The molecule has 6 nitrogen and oxygen atoms in total. The zero-order chi connectivity index (χ0) is 17.8. The number of ether oxygens (including phenoxy) is 1. The summed E-state index contributed by atoms with van der Waals surface area (Å²) in [5, 5.41) is 0.452. The van der Waals surface area contributed by atoms with E-state index in [1.54, 1.807) is 12.3 Å². The summed E-state index contributed by atoms with van der Waals surface area (Å²) in [5.74, 6) is 0.265. The van der Waals surface area contributed by atoms with E-state index in [0.717, 1.165) is 45.3 Å². The third kappa shape index (κ3) is 4.06. The summed E-state index contributed by atoms with van der Waals surface area (Å²) in [4.78, 5) is 32.7. The van der Waals surface area contributed by atoms with Crippen molar-refractivity contribution in [3.05, 3.63) is 22.8 Å². The minimum atomic E-state index is -0.197. The molecule has 0 aromatic carbocycles. The molecule has 1 amide bonds. The number of likely N-dealkylation sites (tertiary alicyclic amines) is 1. The van der Waals surface area contributed by atoms with E-state index in [9.17, 15) is 9.59 Å². The summed E-state index contributed by atoms with van der Waals surface area (Å²) in [7, 11) is 1.41. The number of piperidine rings is 2. The third-order valence-corrected chi connectivity index (χ3v) is 5.25. The standard InChI is InChI=1S/C18H24ClN3O3/c1-25-18(24)13-6-5-9-22(12-13)16-15(19)10-14(11-20-16)17(23)21-7-3-2-4-8-21/h10-11,13H,2-9,12H2,1H3/t13-/m0/s1. The second-order valence-electron chi connectivity index (χ2n) is 6.69. The average Bonchev–Trinajstić information content (AvgIpc) is 2.67. The fourth-order valence-electron chi connectivity index (χ4n) is 3.59. The molecule has 0 aliphatic carbocycles. The van der Waals surface area contributed by atoms with Crippen LogP contribution in [0.1, 0.15) is 42.5 Å². The van der Waals surface area contributed by atoms with Crippen LogP contribution in [0.25, 0.3) is 0 Å². The molecule has 0 N–H and O–H groups in total. The highest BCUT2D eigenvalue weighted by Gasteiger charge is 2.28. The molecule has 0 bridgehead atoms. The Kier molecular flexibility index (Phi) is 5.78. The van der Waals surface area contributed by atoms with Gasteiger partial charge >= 0.3 is 5.97 Å². The summed E-state index contributed by atoms with van der Waals surface area (Å²) in [6, 6.07) is 1.70. The van der Waals surface area contributed by atoms with Gasteiger partial charge in [0, 0.05) is 32.4 Å². The molecule has 1 aromatic heterocycles. The first-order valence-electron chi connectivity index (χ1n) is 8.87. The molecule has 2 aliphatic rings. The molecule has 2 fully saturated rings. The molecule has 3 rings (SSSR count). The van der Waals surface area contributed by atoms with Crippen LogP contribution in [-0.2, 0) is 9.53 Å². The van der Waals surface area contributed by atoms with Crippen molar-refractivity contribution in [1.82, 2.24) is 9.88 Å². The van der Waals surface area contributed by atoms with Gasteiger partial charge < -0.3 is 14.5 Å². The van der Waals surface area contributed by atoms with Gasteiger partial charge in [-0.25, -0.2) is 4.98 Å². The molecule has 3 heterocycles. The van der Waals surface area contributed by atoms with Gasteiger partial charge in [0.15, 0.2) is 0 Å². The Labute approximate surface area is 153 Å². The number of methoxy groups -OCH3 is 1. The SMILES string of the molecule is COC(=O)[C@H]1CCCN(c2ncc(C(=O)N3CCCCC3)cc2Cl)C1. The predicted molar refractivity (Wildman–Crippen MR) is 96.0 cm³/mol. The van der Waals surface area contributed by atoms with E-state index in [2.05, 4.69) is 4.98 Å². The maximum absolute atomic E-state index is 12.6. The molecule has 2 saturated heterocycles. The van der Waals surface area contributed by atoms with E-state index in [1.165, 1.54) is 13.5 Å². The number of esters is 1. The maximum atomic E-state index is 12.6. The highest BCUT2D eigenvalue weighted by molar-refractivity contribution is 6.33. The highest BCUT2D eigenvalue weighted by atomic mass is 35.5. The summed E-state index contributed by atoms with van der Waals surface area (Å²) in [6.07, 6.45) is 6.57. The zero-order valence-corrected chi connectivity index (χ0v) is 15.3. The second kappa shape index (κ2) is 8.04. The predicted octanol–water partition coefficient (Wildman–Crippen LogP) is 2.75. The van der Waals surface area contributed by atoms with Crippen molar-refractivity contribution in [1.29, 1.82) is 0 Å². The number of nitrogens with zero attached hydrogens (tertiary/aromatic N) is 3. The van der Waals surface area contributed by atoms with E-state index in [-0.39, 0.29) is 17.8 Å². The number of hydrogen-bond donors (Lipinski definition) is 0. The van der Waals surface area contributed by atoms with Crippen LogP contribution < -0.4 is 4.90 Å². The minimum absolute atomic E-state index is 0.00766. The van der Waals surface area contributed by atoms with Gasteiger partial charge in [-0.2, -0.15) is 0 Å². The van der Waals surface area contributed by atoms with Crippen molar-refractivity contribution in [2.75, 3.05) is 38.2 Å².